The third-order valence-electron chi connectivity index (χ3n) is 4.67. The van der Waals surface area contributed by atoms with Crippen LogP contribution >= 0.6 is 11.6 Å². The Balaban J connectivity index is 1.79. The van der Waals surface area contributed by atoms with E-state index in [-0.39, 0.29) is 5.57 Å². The van der Waals surface area contributed by atoms with Crippen molar-refractivity contribution < 1.29 is 9.53 Å². The van der Waals surface area contributed by atoms with E-state index >= 15 is 0 Å². The molecule has 1 amide bonds. The molecule has 0 aromatic heterocycles. The monoisotopic (exact) mass is 416 g/mol. The highest BCUT2D eigenvalue weighted by Gasteiger charge is 2.13. The number of amides is 1. The van der Waals surface area contributed by atoms with Gasteiger partial charge in [-0.1, -0.05) is 60.1 Å². The molecule has 0 aliphatic rings. The molecule has 0 saturated heterocycles. The van der Waals surface area contributed by atoms with E-state index in [0.29, 0.717) is 28.6 Å². The zero-order valence-electron chi connectivity index (χ0n) is 16.8. The van der Waals surface area contributed by atoms with Gasteiger partial charge in [0.2, 0.25) is 0 Å². The normalized spacial score (nSPS) is 10.9. The molecule has 1 N–H and O–H groups in total. The highest BCUT2D eigenvalue weighted by molar-refractivity contribution is 6.34. The lowest BCUT2D eigenvalue weighted by atomic mass is 10.1. The Morgan fingerprint density at radius 2 is 1.80 bits per heavy atom. The van der Waals surface area contributed by atoms with Crippen molar-refractivity contribution in [2.75, 3.05) is 5.32 Å². The van der Waals surface area contributed by atoms with Gasteiger partial charge in [-0.25, -0.2) is 0 Å². The second-order valence-corrected chi connectivity index (χ2v) is 7.26. The Morgan fingerprint density at radius 3 is 2.53 bits per heavy atom. The predicted octanol–water partition coefficient (Wildman–Crippen LogP) is 6.08. The van der Waals surface area contributed by atoms with Crippen molar-refractivity contribution in [2.45, 2.75) is 20.5 Å². The number of ether oxygens (including phenoxy) is 1. The summed E-state index contributed by atoms with van der Waals surface area (Å²) in [5, 5.41) is 12.6. The number of nitriles is 1. The number of para-hydroxylation sites is 2. The van der Waals surface area contributed by atoms with Gasteiger partial charge in [0.1, 0.15) is 24.0 Å². The van der Waals surface area contributed by atoms with Gasteiger partial charge in [0.05, 0.1) is 10.7 Å². The number of nitrogens with one attached hydrogen (secondary N) is 1. The Bertz CT molecular complexity index is 1150. The molecule has 0 fully saturated rings. The molecule has 0 atom stereocenters. The van der Waals surface area contributed by atoms with Gasteiger partial charge in [-0.3, -0.25) is 4.79 Å². The van der Waals surface area contributed by atoms with Crippen molar-refractivity contribution in [1.82, 2.24) is 0 Å². The van der Waals surface area contributed by atoms with Gasteiger partial charge in [0, 0.05) is 5.56 Å². The van der Waals surface area contributed by atoms with Crippen molar-refractivity contribution in [2.24, 2.45) is 0 Å². The minimum atomic E-state index is -0.533. The lowest BCUT2D eigenvalue weighted by molar-refractivity contribution is -0.112. The number of anilines is 1. The minimum Gasteiger partial charge on any atom is -0.488 e. The summed E-state index contributed by atoms with van der Waals surface area (Å²) in [7, 11) is 0. The number of aryl methyl sites for hydroxylation is 2. The van der Waals surface area contributed by atoms with Crippen molar-refractivity contribution in [1.29, 1.82) is 5.26 Å². The number of carbonyl (C=O) groups excluding carboxylic acids is 1. The molecule has 0 saturated carbocycles. The maximum atomic E-state index is 12.6. The first-order valence-electron chi connectivity index (χ1n) is 9.43. The van der Waals surface area contributed by atoms with Crippen LogP contribution in [0.1, 0.15) is 22.3 Å². The summed E-state index contributed by atoms with van der Waals surface area (Å²) in [6.45, 7) is 4.52. The fraction of sp³-hybridized carbons (Fsp3) is 0.120. The average molecular weight is 417 g/mol. The fourth-order valence-electron chi connectivity index (χ4n) is 2.84. The van der Waals surface area contributed by atoms with E-state index in [1.807, 2.05) is 30.3 Å². The molecule has 3 aromatic rings. The Kier molecular flexibility index (Phi) is 6.90. The second-order valence-electron chi connectivity index (χ2n) is 6.85. The zero-order valence-corrected chi connectivity index (χ0v) is 17.5. The van der Waals surface area contributed by atoms with E-state index in [2.05, 4.69) is 31.3 Å². The quantitative estimate of drug-likeness (QED) is 0.391. The standard InChI is InChI=1S/C25H21ClN2O2/c1-17-11-12-19(13-18(17)2)16-30-24-10-6-3-7-20(24)14-21(15-27)25(29)28-23-9-5-4-8-22(23)26/h3-14H,16H2,1-2H3,(H,28,29)/b21-14+. The lowest BCUT2D eigenvalue weighted by Gasteiger charge is -2.11. The van der Waals surface area contributed by atoms with Crippen molar-refractivity contribution in [3.8, 4) is 11.8 Å². The summed E-state index contributed by atoms with van der Waals surface area (Å²) in [6.07, 6.45) is 1.52. The molecule has 3 rings (SSSR count). The molecule has 150 valence electrons. The van der Waals surface area contributed by atoms with Crippen molar-refractivity contribution >= 4 is 29.3 Å². The van der Waals surface area contributed by atoms with E-state index in [1.165, 1.54) is 17.2 Å². The molecular formula is C25H21ClN2O2. The summed E-state index contributed by atoms with van der Waals surface area (Å²) in [4.78, 5) is 12.6. The summed E-state index contributed by atoms with van der Waals surface area (Å²) < 4.78 is 5.97. The third kappa shape index (κ3) is 5.28. The van der Waals surface area contributed by atoms with Crippen molar-refractivity contribution in [3.05, 3.63) is 99.6 Å². The summed E-state index contributed by atoms with van der Waals surface area (Å²) in [6, 6.07) is 22.3. The van der Waals surface area contributed by atoms with Gasteiger partial charge in [-0.05, 0) is 54.8 Å². The largest absolute Gasteiger partial charge is 0.488 e. The van der Waals surface area contributed by atoms with Gasteiger partial charge in [0.15, 0.2) is 0 Å². The maximum Gasteiger partial charge on any atom is 0.266 e. The number of rotatable bonds is 6. The van der Waals surface area contributed by atoms with Gasteiger partial charge in [-0.2, -0.15) is 5.26 Å². The summed E-state index contributed by atoms with van der Waals surface area (Å²) in [5.41, 5.74) is 4.53. The molecule has 0 unspecified atom stereocenters. The molecule has 0 radical (unpaired) electrons. The van der Waals surface area contributed by atoms with Gasteiger partial charge < -0.3 is 10.1 Å². The van der Waals surface area contributed by atoms with Crippen LogP contribution in [0, 0.1) is 25.2 Å². The smallest absolute Gasteiger partial charge is 0.266 e. The topological polar surface area (TPSA) is 62.1 Å². The van der Waals surface area contributed by atoms with Gasteiger partial charge >= 0.3 is 0 Å². The molecular weight excluding hydrogens is 396 g/mol. The highest BCUT2D eigenvalue weighted by Crippen LogP contribution is 2.24. The minimum absolute atomic E-state index is 0.0443. The van der Waals surface area contributed by atoms with E-state index < -0.39 is 5.91 Å². The number of hydrogen-bond donors (Lipinski definition) is 1. The number of hydrogen-bond acceptors (Lipinski definition) is 3. The molecule has 0 aliphatic heterocycles. The SMILES string of the molecule is Cc1ccc(COc2ccccc2/C=C(\C#N)C(=O)Nc2ccccc2Cl)cc1C. The molecule has 0 heterocycles. The van der Waals surface area contributed by atoms with Gasteiger partial charge in [-0.15, -0.1) is 0 Å². The number of halogens is 1. The zero-order chi connectivity index (χ0) is 21.5. The van der Waals surface area contributed by atoms with Crippen LogP contribution in [0.15, 0.2) is 72.3 Å². The Hall–Kier alpha value is -3.55. The average Bonchev–Trinajstić information content (AvgIpc) is 2.75. The first-order chi connectivity index (χ1) is 14.5. The van der Waals surface area contributed by atoms with Gasteiger partial charge in [0.25, 0.3) is 5.91 Å². The van der Waals surface area contributed by atoms with Crippen LogP contribution < -0.4 is 10.1 Å². The molecule has 0 bridgehead atoms. The Labute approximate surface area is 181 Å². The molecule has 0 aliphatic carbocycles. The molecule has 4 nitrogen and oxygen atoms in total. The second kappa shape index (κ2) is 9.78. The number of benzene rings is 3. The van der Waals surface area contributed by atoms with Crippen LogP contribution in [-0.2, 0) is 11.4 Å². The van der Waals surface area contributed by atoms with E-state index in [1.54, 1.807) is 30.3 Å². The lowest BCUT2D eigenvalue weighted by Crippen LogP contribution is -2.13. The molecule has 5 heteroatoms. The molecule has 30 heavy (non-hydrogen) atoms. The number of carbonyl (C=O) groups is 1. The first kappa shape index (κ1) is 21.2. The van der Waals surface area contributed by atoms with Crippen LogP contribution in [-0.4, -0.2) is 5.91 Å². The third-order valence-corrected chi connectivity index (χ3v) is 5.00. The molecule has 0 spiro atoms. The first-order valence-corrected chi connectivity index (χ1v) is 9.81. The fourth-order valence-corrected chi connectivity index (χ4v) is 3.02. The summed E-state index contributed by atoms with van der Waals surface area (Å²) in [5.74, 6) is 0.0589. The maximum absolute atomic E-state index is 12.6. The van der Waals surface area contributed by atoms with E-state index in [0.717, 1.165) is 5.56 Å². The van der Waals surface area contributed by atoms with Crippen LogP contribution in [0.5, 0.6) is 5.75 Å². The van der Waals surface area contributed by atoms with Crippen LogP contribution in [0.3, 0.4) is 0 Å². The number of nitrogens with zero attached hydrogens (tertiary/aromatic N) is 1. The predicted molar refractivity (Wildman–Crippen MR) is 120 cm³/mol. The van der Waals surface area contributed by atoms with Crippen LogP contribution in [0.2, 0.25) is 5.02 Å². The summed E-state index contributed by atoms with van der Waals surface area (Å²) >= 11 is 6.08. The van der Waals surface area contributed by atoms with E-state index in [4.69, 9.17) is 16.3 Å². The van der Waals surface area contributed by atoms with Crippen molar-refractivity contribution in [3.63, 3.8) is 0 Å². The van der Waals surface area contributed by atoms with Crippen LogP contribution in [0.25, 0.3) is 6.08 Å². The Morgan fingerprint density at radius 1 is 1.07 bits per heavy atom. The highest BCUT2D eigenvalue weighted by atomic mass is 35.5. The van der Waals surface area contributed by atoms with E-state index in [9.17, 15) is 10.1 Å². The van der Waals surface area contributed by atoms with Crippen LogP contribution in [0.4, 0.5) is 5.69 Å². The molecule has 3 aromatic carbocycles.